The second-order valence-corrected chi connectivity index (χ2v) is 12.6. The topological polar surface area (TPSA) is 129 Å². The molecule has 0 aliphatic carbocycles. The molecule has 10 aromatic rings. The smallest absolute Gasteiger partial charge is 0.0886 e. The van der Waals surface area contributed by atoms with Crippen molar-refractivity contribution in [2.24, 2.45) is 0 Å². The standard InChI is InChI=1S/C11H10N2.4C10H8N2.2ClH.2Ru/c1-5-12-6-2-10(1)9-11-3-7-13-8-4-11;4*1-3-7-11-9(5-1)10-6-2-4-8-12-10;;;;/h1-8H,9H2;4*1-8H;2*1H;;/q;;;;;;;2*+1/p-2. The third-order valence-electron chi connectivity index (χ3n) is 8.28. The molecule has 0 amide bonds. The Bertz CT molecular complexity index is 2140. The van der Waals surface area contributed by atoms with E-state index >= 15 is 0 Å². The van der Waals surface area contributed by atoms with Crippen LogP contribution in [0, 0.1) is 0 Å². The Labute approximate surface area is 408 Å². The summed E-state index contributed by atoms with van der Waals surface area (Å²) in [7, 11) is 9.14. The van der Waals surface area contributed by atoms with E-state index in [1.54, 1.807) is 49.6 Å². The van der Waals surface area contributed by atoms with Gasteiger partial charge in [0.25, 0.3) is 0 Å². The Morgan fingerprint density at radius 3 is 0.538 bits per heavy atom. The first-order chi connectivity index (χ1) is 32.3. The number of nitrogens with zero attached hydrogens (tertiary/aromatic N) is 10. The van der Waals surface area contributed by atoms with E-state index in [-0.39, 0.29) is 0 Å². The SMILES string of the molecule is [Cl][Ru].[Cl][Ru].c1cc(Cc2ccncc2)ccn1.c1ccc(-c2ccccn2)nc1.c1ccc(-c2ccccn2)nc1.c1ccc(-c2ccccn2)nc1.c1ccc(-c2ccccn2)nc1. The Hall–Kier alpha value is -6.67. The van der Waals surface area contributed by atoms with Crippen LogP contribution < -0.4 is 0 Å². The number of aromatic nitrogens is 10. The molecule has 0 saturated heterocycles. The maximum atomic E-state index is 4.57. The minimum absolute atomic E-state index is 0.915. The summed E-state index contributed by atoms with van der Waals surface area (Å²) in [6, 6.07) is 54.5. The van der Waals surface area contributed by atoms with Crippen LogP contribution in [-0.2, 0) is 41.0 Å². The van der Waals surface area contributed by atoms with Crippen LogP contribution in [-0.4, -0.2) is 49.8 Å². The molecule has 0 radical (unpaired) electrons. The van der Waals surface area contributed by atoms with Crippen LogP contribution in [0.15, 0.2) is 244 Å². The van der Waals surface area contributed by atoms with Crippen LogP contribution in [0.25, 0.3) is 45.6 Å². The van der Waals surface area contributed by atoms with Gasteiger partial charge in [-0.2, -0.15) is 0 Å². The normalized spacial score (nSPS) is 9.29. The zero-order chi connectivity index (χ0) is 45.8. The van der Waals surface area contributed by atoms with Crippen LogP contribution >= 0.6 is 19.4 Å². The van der Waals surface area contributed by atoms with Crippen molar-refractivity contribution in [2.45, 2.75) is 6.42 Å². The van der Waals surface area contributed by atoms with Gasteiger partial charge in [0.05, 0.1) is 45.6 Å². The molecule has 0 unspecified atom stereocenters. The van der Waals surface area contributed by atoms with E-state index in [1.807, 2.05) is 229 Å². The van der Waals surface area contributed by atoms with Crippen molar-refractivity contribution in [3.63, 3.8) is 0 Å². The minimum atomic E-state index is 0.915. The summed E-state index contributed by atoms with van der Waals surface area (Å²) >= 11 is 3.64. The maximum absolute atomic E-state index is 4.57. The average molecular weight is 1070 g/mol. The van der Waals surface area contributed by atoms with Crippen LogP contribution in [0.2, 0.25) is 0 Å². The molecule has 10 rings (SSSR count). The molecule has 10 nitrogen and oxygen atoms in total. The van der Waals surface area contributed by atoms with Gasteiger partial charge in [0.2, 0.25) is 0 Å². The Balaban J connectivity index is 0.000000174. The van der Waals surface area contributed by atoms with Gasteiger partial charge in [0, 0.05) is 74.4 Å². The van der Waals surface area contributed by atoms with Crippen molar-refractivity contribution in [1.82, 2.24) is 49.8 Å². The van der Waals surface area contributed by atoms with E-state index in [0.29, 0.717) is 0 Å². The molecule has 326 valence electrons. The van der Waals surface area contributed by atoms with Gasteiger partial charge in [0.1, 0.15) is 0 Å². The molecular formula is C51H42Cl2N10Ru2. The number of halogens is 2. The first-order valence-electron chi connectivity index (χ1n) is 19.7. The van der Waals surface area contributed by atoms with Gasteiger partial charge in [0.15, 0.2) is 0 Å². The van der Waals surface area contributed by atoms with E-state index in [0.717, 1.165) is 52.0 Å². The summed E-state index contributed by atoms with van der Waals surface area (Å²) in [6.45, 7) is 0. The molecule has 0 fully saturated rings. The molecule has 0 saturated carbocycles. The summed E-state index contributed by atoms with van der Waals surface area (Å²) in [4.78, 5) is 41.4. The van der Waals surface area contributed by atoms with Gasteiger partial charge in [-0.1, -0.05) is 48.5 Å². The fourth-order valence-corrected chi connectivity index (χ4v) is 5.35. The third kappa shape index (κ3) is 20.1. The molecule has 0 spiro atoms. The van der Waals surface area contributed by atoms with E-state index in [2.05, 4.69) is 69.2 Å². The van der Waals surface area contributed by atoms with Gasteiger partial charge >= 0.3 is 54.0 Å². The molecule has 10 heterocycles. The van der Waals surface area contributed by atoms with E-state index in [1.165, 1.54) is 11.1 Å². The van der Waals surface area contributed by atoms with Crippen LogP contribution in [0.1, 0.15) is 11.1 Å². The summed E-state index contributed by atoms with van der Waals surface area (Å²) in [6.07, 6.45) is 22.4. The van der Waals surface area contributed by atoms with Crippen molar-refractivity contribution in [3.8, 4) is 45.6 Å². The second kappa shape index (κ2) is 32.9. The average Bonchev–Trinajstić information content (AvgIpc) is 3.43. The Kier molecular flexibility index (Phi) is 25.8. The van der Waals surface area contributed by atoms with Crippen LogP contribution in [0.3, 0.4) is 0 Å². The van der Waals surface area contributed by atoms with Gasteiger partial charge in [-0.05, 0) is 139 Å². The van der Waals surface area contributed by atoms with E-state index in [4.69, 9.17) is 0 Å². The molecule has 0 bridgehead atoms. The predicted octanol–water partition coefficient (Wildman–Crippen LogP) is 12.0. The summed E-state index contributed by atoms with van der Waals surface area (Å²) < 4.78 is 0. The number of hydrogen-bond acceptors (Lipinski definition) is 10. The molecular weight excluding hydrogens is 1030 g/mol. The molecule has 65 heavy (non-hydrogen) atoms. The molecule has 10 aromatic heterocycles. The number of pyridine rings is 10. The zero-order valence-electron chi connectivity index (χ0n) is 34.7. The van der Waals surface area contributed by atoms with Gasteiger partial charge in [-0.3, -0.25) is 49.8 Å². The summed E-state index contributed by atoms with van der Waals surface area (Å²) in [5.41, 5.74) is 9.88. The second-order valence-electron chi connectivity index (χ2n) is 12.6. The van der Waals surface area contributed by atoms with Gasteiger partial charge in [-0.15, -0.1) is 0 Å². The van der Waals surface area contributed by atoms with E-state index < -0.39 is 0 Å². The van der Waals surface area contributed by atoms with Crippen molar-refractivity contribution in [2.75, 3.05) is 0 Å². The Morgan fingerprint density at radius 2 is 0.400 bits per heavy atom. The van der Waals surface area contributed by atoms with Gasteiger partial charge in [-0.25, -0.2) is 0 Å². The quantitative estimate of drug-likeness (QED) is 0.148. The molecule has 0 aliphatic heterocycles. The molecule has 0 aliphatic rings. The molecule has 0 aromatic carbocycles. The number of rotatable bonds is 6. The van der Waals surface area contributed by atoms with Crippen molar-refractivity contribution in [1.29, 1.82) is 0 Å². The molecule has 0 N–H and O–H groups in total. The predicted molar refractivity (Wildman–Crippen MR) is 253 cm³/mol. The van der Waals surface area contributed by atoms with Crippen molar-refractivity contribution in [3.05, 3.63) is 255 Å². The first-order valence-corrected chi connectivity index (χ1v) is 24.1. The number of hydrogen-bond donors (Lipinski definition) is 0. The fourth-order valence-electron chi connectivity index (χ4n) is 5.35. The fraction of sp³-hybridized carbons (Fsp3) is 0.0196. The maximum Gasteiger partial charge on any atom is 0.0886 e. The molecule has 0 atom stereocenters. The van der Waals surface area contributed by atoms with Crippen molar-refractivity contribution >= 4 is 19.4 Å². The third-order valence-corrected chi connectivity index (χ3v) is 8.28. The summed E-state index contributed by atoms with van der Waals surface area (Å²) in [5, 5.41) is 0. The van der Waals surface area contributed by atoms with Crippen molar-refractivity contribution < 1.29 is 34.6 Å². The largest absolute Gasteiger partial charge is 0.265 e. The van der Waals surface area contributed by atoms with Gasteiger partial charge < -0.3 is 0 Å². The Morgan fingerprint density at radius 1 is 0.231 bits per heavy atom. The van der Waals surface area contributed by atoms with Crippen LogP contribution in [0.4, 0.5) is 0 Å². The first kappa shape index (κ1) is 51.0. The monoisotopic (exact) mass is 1070 g/mol. The van der Waals surface area contributed by atoms with Crippen LogP contribution in [0.5, 0.6) is 0 Å². The molecule has 14 heteroatoms. The van der Waals surface area contributed by atoms with E-state index in [9.17, 15) is 0 Å². The minimum Gasteiger partial charge on any atom is -0.265 e. The zero-order valence-corrected chi connectivity index (χ0v) is 39.7. The summed E-state index contributed by atoms with van der Waals surface area (Å²) in [5.74, 6) is 0.